The summed E-state index contributed by atoms with van der Waals surface area (Å²) in [6.07, 6.45) is 17.3. The summed E-state index contributed by atoms with van der Waals surface area (Å²) in [4.78, 5) is 59.0. The van der Waals surface area contributed by atoms with Crippen molar-refractivity contribution in [1.29, 1.82) is 0 Å². The molecular formula is C31H45KO10. The molecule has 0 aliphatic heterocycles. The van der Waals surface area contributed by atoms with Crippen molar-refractivity contribution in [2.24, 2.45) is 0 Å². The normalized spacial score (nSPS) is 12.5. The Bertz CT molecular complexity index is 806. The first-order chi connectivity index (χ1) is 19.6. The van der Waals surface area contributed by atoms with Gasteiger partial charge >= 0.3 is 81.4 Å². The Morgan fingerprint density at radius 1 is 0.476 bits per heavy atom. The van der Waals surface area contributed by atoms with E-state index in [4.69, 9.17) is 18.9 Å². The standard InChI is InChI=1S/C25H36O8.C6H10O2.K/c1-5-9-13-17-21(26)30-25(31-22(27)18-14-10-6-2,32-23(28)19-15-11-7-3)33-24(29)20-16-12-8-4;1-2-3-4-5-6(7)8;/h13-20H,5-12H2,1-4H3;4-5H,2-3H2,1H3,(H,7,8);/q;;+1/p-1. The number of ether oxygens (including phenoxy) is 4. The zero-order valence-electron chi connectivity index (χ0n) is 25.9. The maximum Gasteiger partial charge on any atom is 1.00 e. The summed E-state index contributed by atoms with van der Waals surface area (Å²) < 4.78 is 20.2. The molecule has 0 spiro atoms. The molecule has 0 aromatic rings. The van der Waals surface area contributed by atoms with E-state index in [0.717, 1.165) is 68.9 Å². The van der Waals surface area contributed by atoms with Crippen molar-refractivity contribution >= 4 is 29.8 Å². The molecule has 0 aliphatic rings. The number of carboxylic acids is 1. The van der Waals surface area contributed by atoms with Gasteiger partial charge in [-0.15, -0.1) is 0 Å². The van der Waals surface area contributed by atoms with Crippen molar-refractivity contribution < 1.29 is 99.4 Å². The summed E-state index contributed by atoms with van der Waals surface area (Å²) in [5.41, 5.74) is 0. The van der Waals surface area contributed by atoms with Gasteiger partial charge in [0.05, 0.1) is 5.97 Å². The van der Waals surface area contributed by atoms with E-state index in [2.05, 4.69) is 0 Å². The van der Waals surface area contributed by atoms with Gasteiger partial charge < -0.3 is 28.8 Å². The van der Waals surface area contributed by atoms with Crippen molar-refractivity contribution in [2.45, 2.75) is 105 Å². The predicted octanol–water partition coefficient (Wildman–Crippen LogP) is 2.29. The smallest absolute Gasteiger partial charge is 0.545 e. The van der Waals surface area contributed by atoms with E-state index in [1.165, 1.54) is 24.3 Å². The van der Waals surface area contributed by atoms with Crippen LogP contribution in [0.25, 0.3) is 0 Å². The Balaban J connectivity index is -0.00000147. The van der Waals surface area contributed by atoms with E-state index >= 15 is 0 Å². The van der Waals surface area contributed by atoms with E-state index in [0.29, 0.717) is 25.7 Å². The molecular weight excluding hydrogens is 571 g/mol. The average molecular weight is 617 g/mol. The quantitative estimate of drug-likeness (QED) is 0.0917. The number of hydrogen-bond acceptors (Lipinski definition) is 10. The van der Waals surface area contributed by atoms with Crippen LogP contribution in [0.3, 0.4) is 0 Å². The molecule has 0 unspecified atom stereocenters. The zero-order valence-corrected chi connectivity index (χ0v) is 29.1. The van der Waals surface area contributed by atoms with Crippen LogP contribution in [0.15, 0.2) is 60.8 Å². The van der Waals surface area contributed by atoms with Crippen molar-refractivity contribution in [1.82, 2.24) is 0 Å². The second kappa shape index (κ2) is 30.2. The number of unbranched alkanes of at least 4 members (excludes halogenated alkanes) is 5. The van der Waals surface area contributed by atoms with Gasteiger partial charge in [0, 0.05) is 24.3 Å². The van der Waals surface area contributed by atoms with E-state index in [-0.39, 0.29) is 51.4 Å². The maximum absolute atomic E-state index is 12.3. The number of aliphatic carboxylic acids is 1. The van der Waals surface area contributed by atoms with Crippen molar-refractivity contribution in [3.63, 3.8) is 0 Å². The molecule has 0 bridgehead atoms. The molecule has 0 saturated carbocycles. The van der Waals surface area contributed by atoms with Crippen LogP contribution in [-0.4, -0.2) is 36.0 Å². The third-order valence-electron chi connectivity index (χ3n) is 4.45. The van der Waals surface area contributed by atoms with E-state index in [1.54, 1.807) is 6.08 Å². The molecule has 0 heterocycles. The molecule has 0 rings (SSSR count). The van der Waals surface area contributed by atoms with Crippen LogP contribution >= 0.6 is 0 Å². The minimum atomic E-state index is -3.03. The first kappa shape index (κ1) is 44.1. The van der Waals surface area contributed by atoms with Gasteiger partial charge in [0.15, 0.2) is 0 Å². The molecule has 0 saturated heterocycles. The average Bonchev–Trinajstić information content (AvgIpc) is 2.89. The van der Waals surface area contributed by atoms with Gasteiger partial charge in [0.25, 0.3) is 0 Å². The Morgan fingerprint density at radius 2 is 0.690 bits per heavy atom. The molecule has 0 N–H and O–H groups in total. The summed E-state index contributed by atoms with van der Waals surface area (Å²) in [5.74, 6) is -5.21. The number of hydrogen-bond donors (Lipinski definition) is 0. The topological polar surface area (TPSA) is 145 Å². The summed E-state index contributed by atoms with van der Waals surface area (Å²) in [7, 11) is 0. The van der Waals surface area contributed by atoms with Crippen LogP contribution in [0, 0.1) is 0 Å². The molecule has 0 aromatic carbocycles. The number of esters is 4. The maximum atomic E-state index is 12.3. The summed E-state index contributed by atoms with van der Waals surface area (Å²) >= 11 is 0. The van der Waals surface area contributed by atoms with E-state index in [1.807, 2.05) is 34.6 Å². The second-order valence-electron chi connectivity index (χ2n) is 8.46. The molecule has 0 amide bonds. The zero-order chi connectivity index (χ0) is 31.4. The Kier molecular flexibility index (Phi) is 31.7. The largest absolute Gasteiger partial charge is 1.00 e. The number of carbonyl (C=O) groups is 5. The van der Waals surface area contributed by atoms with Crippen LogP contribution < -0.4 is 56.5 Å². The van der Waals surface area contributed by atoms with Gasteiger partial charge in [-0.2, -0.15) is 0 Å². The van der Waals surface area contributed by atoms with Crippen LogP contribution in [0.1, 0.15) is 98.8 Å². The van der Waals surface area contributed by atoms with Gasteiger partial charge in [-0.25, -0.2) is 19.2 Å². The minimum Gasteiger partial charge on any atom is -0.545 e. The Labute approximate surface area is 292 Å². The third-order valence-corrected chi connectivity index (χ3v) is 4.45. The monoisotopic (exact) mass is 616 g/mol. The van der Waals surface area contributed by atoms with Gasteiger partial charge in [-0.1, -0.05) is 97.1 Å². The molecule has 0 aliphatic carbocycles. The minimum absolute atomic E-state index is 0. The van der Waals surface area contributed by atoms with Crippen molar-refractivity contribution in [3.05, 3.63) is 60.8 Å². The first-order valence-electron chi connectivity index (χ1n) is 14.0. The first-order valence-corrected chi connectivity index (χ1v) is 14.0. The Morgan fingerprint density at radius 3 is 0.881 bits per heavy atom. The van der Waals surface area contributed by atoms with E-state index < -0.39 is 36.0 Å². The third kappa shape index (κ3) is 27.8. The van der Waals surface area contributed by atoms with E-state index in [9.17, 15) is 29.1 Å². The molecule has 0 radical (unpaired) electrons. The number of carboxylic acid groups (broad SMARTS) is 1. The molecule has 10 nitrogen and oxygen atoms in total. The molecule has 0 aromatic heterocycles. The molecule has 42 heavy (non-hydrogen) atoms. The number of rotatable bonds is 19. The SMILES string of the molecule is CCCC=CC(=O)OC(OC(=O)C=CCCC)(OC(=O)C=CCCC)OC(=O)C=CCCC.CCCC=CC(=O)[O-].[K+]. The Hall–Kier alpha value is -2.31. The van der Waals surface area contributed by atoms with Gasteiger partial charge in [0.1, 0.15) is 0 Å². The number of allylic oxidation sites excluding steroid dienone is 5. The summed E-state index contributed by atoms with van der Waals surface area (Å²) in [6, 6.07) is 0. The molecule has 0 fully saturated rings. The molecule has 230 valence electrons. The predicted molar refractivity (Wildman–Crippen MR) is 152 cm³/mol. The van der Waals surface area contributed by atoms with Crippen LogP contribution in [0.4, 0.5) is 0 Å². The molecule has 0 atom stereocenters. The fourth-order valence-corrected chi connectivity index (χ4v) is 2.49. The van der Waals surface area contributed by atoms with Gasteiger partial charge in [-0.3, -0.25) is 0 Å². The van der Waals surface area contributed by atoms with Crippen LogP contribution in [-0.2, 0) is 42.9 Å². The number of carbonyl (C=O) groups excluding carboxylic acids is 5. The van der Waals surface area contributed by atoms with Crippen molar-refractivity contribution in [2.75, 3.05) is 0 Å². The fraction of sp³-hybridized carbons (Fsp3) is 0.516. The fourth-order valence-electron chi connectivity index (χ4n) is 2.49. The van der Waals surface area contributed by atoms with Crippen molar-refractivity contribution in [3.8, 4) is 0 Å². The van der Waals surface area contributed by atoms with Gasteiger partial charge in [0.2, 0.25) is 0 Å². The van der Waals surface area contributed by atoms with Gasteiger partial charge in [-0.05, 0) is 38.2 Å². The molecule has 11 heteroatoms. The van der Waals surface area contributed by atoms with Crippen LogP contribution in [0.5, 0.6) is 0 Å². The summed E-state index contributed by atoms with van der Waals surface area (Å²) in [5, 5.41) is 9.68. The van der Waals surface area contributed by atoms with Crippen LogP contribution in [0.2, 0.25) is 0 Å². The second-order valence-corrected chi connectivity index (χ2v) is 8.46. The summed E-state index contributed by atoms with van der Waals surface area (Å²) in [6.45, 7) is 9.65.